The van der Waals surface area contributed by atoms with E-state index in [2.05, 4.69) is 72.4 Å². The summed E-state index contributed by atoms with van der Waals surface area (Å²) in [5.74, 6) is 0. The summed E-state index contributed by atoms with van der Waals surface area (Å²) >= 11 is 0. The van der Waals surface area contributed by atoms with Crippen molar-refractivity contribution >= 4 is 50.6 Å². The van der Waals surface area contributed by atoms with E-state index >= 15 is 0 Å². The lowest BCUT2D eigenvalue weighted by Crippen LogP contribution is -2.42. The zero-order valence-electron chi connectivity index (χ0n) is 18.5. The Hall–Kier alpha value is 1.30. The maximum absolute atomic E-state index is 2.74. The van der Waals surface area contributed by atoms with Gasteiger partial charge in [-0.05, 0) is 0 Å². The van der Waals surface area contributed by atoms with Gasteiger partial charge < -0.3 is 0 Å². The van der Waals surface area contributed by atoms with Crippen LogP contribution in [0.2, 0.25) is 99.9 Å². The van der Waals surface area contributed by atoms with Crippen LogP contribution < -0.4 is 0 Å². The minimum Gasteiger partial charge on any atom is -0.0724 e. The monoisotopic (exact) mass is 420 g/mol. The van der Waals surface area contributed by atoms with Gasteiger partial charge in [0.15, 0.2) is 0 Å². The first kappa shape index (κ1) is 24.3. The molecule has 0 fully saturated rings. The Morgan fingerprint density at radius 1 is 0.522 bits per heavy atom. The molecule has 0 amide bonds. The molecule has 0 saturated heterocycles. The van der Waals surface area contributed by atoms with E-state index in [1.807, 2.05) is 0 Å². The standard InChI is InChI=1S/C17H48Si6/c1-12-18(2)14-22(8,9)16-20(4)17-23(10,11)15-19(3)13-21(5,6)7/h18-20H,12-17H2,1-11H3. The molecule has 0 aromatic carbocycles. The average Bonchev–Trinajstić information content (AvgIpc) is 2.21. The highest BCUT2D eigenvalue weighted by molar-refractivity contribution is 7.01. The molecule has 3 atom stereocenters. The van der Waals surface area contributed by atoms with Crippen LogP contribution in [0.25, 0.3) is 0 Å². The van der Waals surface area contributed by atoms with Crippen molar-refractivity contribution in [2.24, 2.45) is 0 Å². The normalized spacial score (nSPS) is 17.9. The van der Waals surface area contributed by atoms with E-state index in [0.717, 1.165) is 0 Å². The van der Waals surface area contributed by atoms with Gasteiger partial charge in [0.05, 0.1) is 0 Å². The molecule has 0 spiro atoms. The Labute approximate surface area is 157 Å². The van der Waals surface area contributed by atoms with Crippen molar-refractivity contribution in [2.45, 2.75) is 107 Å². The molecule has 0 N–H and O–H groups in total. The van der Waals surface area contributed by atoms with Crippen LogP contribution in [0.15, 0.2) is 0 Å². The summed E-state index contributed by atoms with van der Waals surface area (Å²) in [6, 6.07) is 1.52. The number of hydrogen-bond donors (Lipinski definition) is 0. The maximum atomic E-state index is 2.74. The molecule has 0 radical (unpaired) electrons. The first-order chi connectivity index (χ1) is 10.2. The molecule has 0 rings (SSSR count). The van der Waals surface area contributed by atoms with Crippen molar-refractivity contribution in [2.75, 3.05) is 0 Å². The van der Waals surface area contributed by atoms with Crippen LogP contribution in [-0.4, -0.2) is 50.6 Å². The van der Waals surface area contributed by atoms with E-state index < -0.39 is 41.8 Å². The maximum Gasteiger partial charge on any atom is 0.0416 e. The summed E-state index contributed by atoms with van der Waals surface area (Å²) in [5.41, 5.74) is 8.61. The van der Waals surface area contributed by atoms with Crippen LogP contribution in [0.5, 0.6) is 0 Å². The summed E-state index contributed by atoms with van der Waals surface area (Å²) in [5, 5.41) is 0. The Morgan fingerprint density at radius 2 is 0.826 bits per heavy atom. The Balaban J connectivity index is 4.48. The van der Waals surface area contributed by atoms with Crippen molar-refractivity contribution in [1.82, 2.24) is 0 Å². The fraction of sp³-hybridized carbons (Fsp3) is 1.00. The van der Waals surface area contributed by atoms with Gasteiger partial charge in [-0.15, -0.1) is 0 Å². The first-order valence-corrected chi connectivity index (χ1v) is 29.1. The quantitative estimate of drug-likeness (QED) is 0.358. The zero-order valence-corrected chi connectivity index (χ0v) is 24.9. The van der Waals surface area contributed by atoms with Crippen molar-refractivity contribution in [3.8, 4) is 0 Å². The third kappa shape index (κ3) is 13.2. The summed E-state index contributed by atoms with van der Waals surface area (Å²) in [6.45, 7) is 29.1. The van der Waals surface area contributed by atoms with E-state index in [-0.39, 0.29) is 8.80 Å². The molecule has 0 saturated carbocycles. The lowest BCUT2D eigenvalue weighted by molar-refractivity contribution is 1.37. The van der Waals surface area contributed by atoms with Crippen LogP contribution in [0.4, 0.5) is 0 Å². The molecule has 140 valence electrons. The van der Waals surface area contributed by atoms with Gasteiger partial charge in [0, 0.05) is 50.6 Å². The molecule has 0 nitrogen and oxygen atoms in total. The molecule has 0 aromatic heterocycles. The van der Waals surface area contributed by atoms with E-state index in [1.54, 1.807) is 28.3 Å². The van der Waals surface area contributed by atoms with Crippen LogP contribution in [-0.2, 0) is 0 Å². The van der Waals surface area contributed by atoms with Gasteiger partial charge >= 0.3 is 0 Å². The van der Waals surface area contributed by atoms with Crippen LogP contribution in [0.3, 0.4) is 0 Å². The predicted octanol–water partition coefficient (Wildman–Crippen LogP) is 6.03. The largest absolute Gasteiger partial charge is 0.0724 e. The molecule has 0 aromatic rings. The van der Waals surface area contributed by atoms with Crippen molar-refractivity contribution < 1.29 is 0 Å². The summed E-state index contributed by atoms with van der Waals surface area (Å²) in [7, 11) is -3.82. The molecule has 0 aliphatic heterocycles. The minimum atomic E-state index is -0.898. The van der Waals surface area contributed by atoms with Crippen LogP contribution >= 0.6 is 0 Å². The highest BCUT2D eigenvalue weighted by Gasteiger charge is 2.32. The second-order valence-corrected chi connectivity index (χ2v) is 41.0. The van der Waals surface area contributed by atoms with Crippen LogP contribution in [0.1, 0.15) is 6.92 Å². The highest BCUT2D eigenvalue weighted by atomic mass is 28.4. The fourth-order valence-electron chi connectivity index (χ4n) is 5.27. The summed E-state index contributed by atoms with van der Waals surface area (Å²) in [4.78, 5) is 0. The molecule has 0 bridgehead atoms. The van der Waals surface area contributed by atoms with E-state index in [0.29, 0.717) is 0 Å². The van der Waals surface area contributed by atoms with E-state index in [4.69, 9.17) is 0 Å². The van der Waals surface area contributed by atoms with Crippen LogP contribution in [0, 0.1) is 0 Å². The van der Waals surface area contributed by atoms with Crippen molar-refractivity contribution in [1.29, 1.82) is 0 Å². The lowest BCUT2D eigenvalue weighted by Gasteiger charge is -2.33. The van der Waals surface area contributed by atoms with Gasteiger partial charge in [0.1, 0.15) is 0 Å². The Bertz CT molecular complexity index is 334. The zero-order chi connectivity index (χ0) is 18.5. The number of hydrogen-bond acceptors (Lipinski definition) is 0. The lowest BCUT2D eigenvalue weighted by atomic mass is 11.0. The molecular weight excluding hydrogens is 373 g/mol. The topological polar surface area (TPSA) is 0 Å². The smallest absolute Gasteiger partial charge is 0.0416 e. The minimum absolute atomic E-state index is 0.359. The van der Waals surface area contributed by atoms with E-state index in [1.165, 1.54) is 6.04 Å². The predicted molar refractivity (Wildman–Crippen MR) is 132 cm³/mol. The Kier molecular flexibility index (Phi) is 10.4. The van der Waals surface area contributed by atoms with Crippen molar-refractivity contribution in [3.63, 3.8) is 0 Å². The van der Waals surface area contributed by atoms with Gasteiger partial charge in [-0.25, -0.2) is 0 Å². The molecule has 3 unspecified atom stereocenters. The molecule has 0 aliphatic rings. The molecule has 6 heteroatoms. The van der Waals surface area contributed by atoms with E-state index in [9.17, 15) is 0 Å². The second-order valence-electron chi connectivity index (χ2n) is 11.6. The molecular formula is C17H48Si6. The van der Waals surface area contributed by atoms with Gasteiger partial charge in [0.2, 0.25) is 0 Å². The first-order valence-electron chi connectivity index (χ1n) is 10.2. The average molecular weight is 421 g/mol. The fourth-order valence-corrected chi connectivity index (χ4v) is 53.1. The van der Waals surface area contributed by atoms with Gasteiger partial charge in [-0.3, -0.25) is 0 Å². The number of rotatable bonds is 11. The van der Waals surface area contributed by atoms with Gasteiger partial charge in [-0.1, -0.05) is 107 Å². The summed E-state index contributed by atoms with van der Waals surface area (Å²) in [6.07, 6.45) is 0. The third-order valence-corrected chi connectivity index (χ3v) is 43.2. The highest BCUT2D eigenvalue weighted by Crippen LogP contribution is 2.27. The SMILES string of the molecule is CC[SiH](C)C[Si](C)(C)C[SiH](C)C[Si](C)(C)C[SiH](C)C[Si](C)(C)C. The molecule has 0 heterocycles. The van der Waals surface area contributed by atoms with Gasteiger partial charge in [-0.2, -0.15) is 0 Å². The summed E-state index contributed by atoms with van der Waals surface area (Å²) < 4.78 is 0. The second kappa shape index (κ2) is 9.85. The van der Waals surface area contributed by atoms with Crippen molar-refractivity contribution in [3.05, 3.63) is 0 Å². The Morgan fingerprint density at radius 3 is 1.13 bits per heavy atom. The third-order valence-electron chi connectivity index (χ3n) is 5.26. The molecule has 23 heavy (non-hydrogen) atoms. The molecule has 0 aliphatic carbocycles. The van der Waals surface area contributed by atoms with Gasteiger partial charge in [0.25, 0.3) is 0 Å².